The van der Waals surface area contributed by atoms with Gasteiger partial charge in [-0.2, -0.15) is 0 Å². The van der Waals surface area contributed by atoms with Crippen molar-refractivity contribution in [3.8, 4) is 0 Å². The maximum absolute atomic E-state index is 14.2. The molecule has 0 bridgehead atoms. The fourth-order valence-corrected chi connectivity index (χ4v) is 5.23. The molecule has 1 unspecified atom stereocenters. The van der Waals surface area contributed by atoms with E-state index in [1.54, 1.807) is 23.5 Å². The number of rotatable bonds is 2. The summed E-state index contributed by atoms with van der Waals surface area (Å²) < 4.78 is 14.2. The van der Waals surface area contributed by atoms with Crippen molar-refractivity contribution in [1.29, 1.82) is 0 Å². The van der Waals surface area contributed by atoms with Crippen molar-refractivity contribution in [3.05, 3.63) is 50.6 Å². The first-order valence-corrected chi connectivity index (χ1v) is 9.65. The number of thiophene rings is 1. The molecule has 2 aliphatic heterocycles. The van der Waals surface area contributed by atoms with E-state index in [4.69, 9.17) is 11.6 Å². The van der Waals surface area contributed by atoms with E-state index in [-0.39, 0.29) is 11.5 Å². The van der Waals surface area contributed by atoms with Crippen LogP contribution < -0.4 is 15.5 Å². The van der Waals surface area contributed by atoms with Crippen LogP contribution in [0, 0.1) is 5.82 Å². The second-order valence-electron chi connectivity index (χ2n) is 6.88. The second kappa shape index (κ2) is 6.27. The average molecular weight is 381 g/mol. The number of hydrogen-bond donors (Lipinski definition) is 3. The molecule has 4 nitrogen and oxygen atoms in total. The van der Waals surface area contributed by atoms with Crippen LogP contribution in [0.4, 0.5) is 9.39 Å². The minimum atomic E-state index is -0.651. The van der Waals surface area contributed by atoms with Crippen LogP contribution in [0.5, 0.6) is 0 Å². The normalized spacial score (nSPS) is 22.2. The average Bonchev–Trinajstić information content (AvgIpc) is 2.92. The number of carbonyl (C=O) groups excluding carboxylic acids is 1. The number of quaternary nitrogens is 1. The summed E-state index contributed by atoms with van der Waals surface area (Å²) in [5.41, 5.74) is 2.16. The maximum Gasteiger partial charge on any atom is 0.256 e. The molecule has 2 aliphatic rings. The molecular formula is C18H20ClFN3OS+. The summed E-state index contributed by atoms with van der Waals surface area (Å²) in [7, 11) is 0. The minimum Gasteiger partial charge on any atom is -0.352 e. The maximum atomic E-state index is 14.2. The number of anilines is 1. The summed E-state index contributed by atoms with van der Waals surface area (Å²) in [4.78, 5) is 15.5. The van der Waals surface area contributed by atoms with Gasteiger partial charge in [0.25, 0.3) is 5.91 Å². The van der Waals surface area contributed by atoms with Gasteiger partial charge < -0.3 is 15.5 Å². The third kappa shape index (κ3) is 2.82. The third-order valence-electron chi connectivity index (χ3n) is 5.06. The highest BCUT2D eigenvalue weighted by Gasteiger charge is 2.36. The lowest BCUT2D eigenvalue weighted by molar-refractivity contribution is -0.936. The summed E-state index contributed by atoms with van der Waals surface area (Å²) in [6, 6.07) is 5.10. The van der Waals surface area contributed by atoms with Crippen molar-refractivity contribution in [3.63, 3.8) is 0 Å². The molecule has 132 valence electrons. The summed E-state index contributed by atoms with van der Waals surface area (Å²) in [6.07, 6.45) is 0.247. The summed E-state index contributed by atoms with van der Waals surface area (Å²) in [6.45, 7) is 6.40. The molecule has 2 aromatic rings. The lowest BCUT2D eigenvalue weighted by atomic mass is 9.99. The molecule has 3 N–H and O–H groups in total. The zero-order valence-corrected chi connectivity index (χ0v) is 15.7. The minimum absolute atomic E-state index is 0.149. The van der Waals surface area contributed by atoms with Crippen LogP contribution in [-0.2, 0) is 13.0 Å². The van der Waals surface area contributed by atoms with Gasteiger partial charge >= 0.3 is 0 Å². The first kappa shape index (κ1) is 16.8. The highest BCUT2D eigenvalue weighted by molar-refractivity contribution is 7.16. The number of carbonyl (C=O) groups is 1. The molecule has 25 heavy (non-hydrogen) atoms. The topological polar surface area (TPSA) is 45.6 Å². The Bertz CT molecular complexity index is 831. The first-order chi connectivity index (χ1) is 12.0. The Kier molecular flexibility index (Phi) is 4.22. The Morgan fingerprint density at radius 3 is 2.88 bits per heavy atom. The largest absolute Gasteiger partial charge is 0.352 e. The summed E-state index contributed by atoms with van der Waals surface area (Å²) in [5, 5.41) is 7.27. The van der Waals surface area contributed by atoms with E-state index in [1.165, 1.54) is 15.8 Å². The van der Waals surface area contributed by atoms with Gasteiger partial charge in [0.1, 0.15) is 23.5 Å². The Morgan fingerprint density at radius 1 is 1.36 bits per heavy atom. The van der Waals surface area contributed by atoms with Crippen LogP contribution in [0.25, 0.3) is 0 Å². The molecule has 7 heteroatoms. The molecule has 0 aliphatic carbocycles. The van der Waals surface area contributed by atoms with Crippen molar-refractivity contribution in [2.45, 2.75) is 39.0 Å². The Morgan fingerprint density at radius 2 is 2.16 bits per heavy atom. The summed E-state index contributed by atoms with van der Waals surface area (Å²) >= 11 is 7.78. The monoisotopic (exact) mass is 380 g/mol. The molecule has 0 spiro atoms. The van der Waals surface area contributed by atoms with E-state index in [2.05, 4.69) is 24.5 Å². The second-order valence-corrected chi connectivity index (χ2v) is 8.40. The summed E-state index contributed by atoms with van der Waals surface area (Å²) in [5.74, 6) is -0.575. The van der Waals surface area contributed by atoms with Crippen molar-refractivity contribution in [2.75, 3.05) is 11.9 Å². The van der Waals surface area contributed by atoms with E-state index < -0.39 is 12.0 Å². The van der Waals surface area contributed by atoms with Crippen LogP contribution in [0.15, 0.2) is 18.2 Å². The van der Waals surface area contributed by atoms with Gasteiger partial charge in [-0.25, -0.2) is 4.39 Å². The number of nitrogens with one attached hydrogen (secondary N) is 3. The lowest BCUT2D eigenvalue weighted by Crippen LogP contribution is -3.14. The molecule has 0 saturated carbocycles. The Balaban J connectivity index is 1.70. The predicted octanol–water partition coefficient (Wildman–Crippen LogP) is 2.74. The molecule has 2 atom stereocenters. The number of amides is 1. The smallest absolute Gasteiger partial charge is 0.256 e. The zero-order valence-electron chi connectivity index (χ0n) is 14.1. The highest BCUT2D eigenvalue weighted by atomic mass is 35.5. The van der Waals surface area contributed by atoms with E-state index in [9.17, 15) is 9.18 Å². The van der Waals surface area contributed by atoms with Crippen LogP contribution in [0.1, 0.15) is 46.4 Å². The standard InChI is InChI=1S/C18H19ClFN3OS/c1-9(2)23-7-6-10-13(8-23)25-18-14(10)17(24)21-16(22-18)15-11(19)4-3-5-12(15)20/h3-5,9,16,22H,6-8H2,1-2H3,(H,21,24)/p+1/t16-/m0/s1. The van der Waals surface area contributed by atoms with E-state index >= 15 is 0 Å². The van der Waals surface area contributed by atoms with Crippen molar-refractivity contribution >= 4 is 33.8 Å². The molecule has 1 aromatic carbocycles. The fraction of sp³-hybridized carbons (Fsp3) is 0.389. The number of hydrogen-bond acceptors (Lipinski definition) is 3. The van der Waals surface area contributed by atoms with Gasteiger partial charge in [-0.05, 0) is 31.5 Å². The molecule has 1 amide bonds. The predicted molar refractivity (Wildman–Crippen MR) is 97.9 cm³/mol. The first-order valence-electron chi connectivity index (χ1n) is 8.46. The van der Waals surface area contributed by atoms with E-state index in [0.29, 0.717) is 11.1 Å². The fourth-order valence-electron chi connectivity index (χ4n) is 3.64. The SMILES string of the molecule is CC(C)[NH+]1CCc2c(sc3c2C(=O)N[C@H](c2c(F)cccc2Cl)N3)C1. The lowest BCUT2D eigenvalue weighted by Gasteiger charge is -2.29. The van der Waals surface area contributed by atoms with Gasteiger partial charge in [0.05, 0.1) is 28.0 Å². The third-order valence-corrected chi connectivity index (χ3v) is 6.55. The van der Waals surface area contributed by atoms with E-state index in [1.807, 2.05) is 0 Å². The van der Waals surface area contributed by atoms with Gasteiger partial charge in [-0.3, -0.25) is 4.79 Å². The molecule has 1 aromatic heterocycles. The van der Waals surface area contributed by atoms with Gasteiger partial charge in [0.15, 0.2) is 0 Å². The number of benzene rings is 1. The van der Waals surface area contributed by atoms with Crippen LogP contribution in [0.3, 0.4) is 0 Å². The van der Waals surface area contributed by atoms with Crippen LogP contribution in [0.2, 0.25) is 5.02 Å². The van der Waals surface area contributed by atoms with Crippen molar-refractivity contribution in [2.24, 2.45) is 0 Å². The van der Waals surface area contributed by atoms with Gasteiger partial charge in [-0.1, -0.05) is 17.7 Å². The quantitative estimate of drug-likeness (QED) is 0.750. The molecular weight excluding hydrogens is 361 g/mol. The Hall–Kier alpha value is -1.63. The van der Waals surface area contributed by atoms with Crippen LogP contribution in [-0.4, -0.2) is 18.5 Å². The highest BCUT2D eigenvalue weighted by Crippen LogP contribution is 2.40. The van der Waals surface area contributed by atoms with E-state index in [0.717, 1.165) is 35.6 Å². The Labute approximate surface area is 155 Å². The van der Waals surface area contributed by atoms with Gasteiger partial charge in [0.2, 0.25) is 0 Å². The molecule has 4 rings (SSSR count). The number of fused-ring (bicyclic) bond motifs is 3. The zero-order chi connectivity index (χ0) is 17.7. The molecule has 0 fully saturated rings. The molecule has 3 heterocycles. The molecule has 0 radical (unpaired) electrons. The van der Waals surface area contributed by atoms with Crippen LogP contribution >= 0.6 is 22.9 Å². The van der Waals surface area contributed by atoms with Crippen molar-refractivity contribution in [1.82, 2.24) is 5.32 Å². The van der Waals surface area contributed by atoms with Gasteiger partial charge in [0, 0.05) is 12.0 Å². The number of halogens is 2. The molecule has 0 saturated heterocycles. The van der Waals surface area contributed by atoms with Crippen molar-refractivity contribution < 1.29 is 14.1 Å². The van der Waals surface area contributed by atoms with Gasteiger partial charge in [-0.15, -0.1) is 11.3 Å².